The molecule has 2 amide bonds. The summed E-state index contributed by atoms with van der Waals surface area (Å²) >= 11 is 0. The molecule has 0 aliphatic carbocycles. The van der Waals surface area contributed by atoms with Crippen molar-refractivity contribution in [3.63, 3.8) is 0 Å². The van der Waals surface area contributed by atoms with Crippen LogP contribution in [0.4, 0.5) is 4.79 Å². The molecule has 19 heavy (non-hydrogen) atoms. The Kier molecular flexibility index (Phi) is 3.98. The Bertz CT molecular complexity index is 434. The molecule has 2 rings (SSSR count). The van der Waals surface area contributed by atoms with Crippen molar-refractivity contribution >= 4 is 6.03 Å². The SMILES string of the molecule is COc1ccc(C(C)(C)NC(=O)N2CCCC2)cc1. The molecule has 0 spiro atoms. The molecule has 0 bridgehead atoms. The molecule has 1 fully saturated rings. The number of carbonyl (C=O) groups is 1. The summed E-state index contributed by atoms with van der Waals surface area (Å²) in [6.07, 6.45) is 2.22. The monoisotopic (exact) mass is 262 g/mol. The summed E-state index contributed by atoms with van der Waals surface area (Å²) in [6.45, 7) is 5.76. The minimum Gasteiger partial charge on any atom is -0.497 e. The largest absolute Gasteiger partial charge is 0.497 e. The van der Waals surface area contributed by atoms with Crippen molar-refractivity contribution in [2.45, 2.75) is 32.2 Å². The molecular weight excluding hydrogens is 240 g/mol. The fourth-order valence-electron chi connectivity index (χ4n) is 2.35. The van der Waals surface area contributed by atoms with Crippen molar-refractivity contribution in [2.75, 3.05) is 20.2 Å². The first-order valence-corrected chi connectivity index (χ1v) is 6.74. The lowest BCUT2D eigenvalue weighted by Gasteiger charge is -2.29. The van der Waals surface area contributed by atoms with Crippen LogP contribution in [0, 0.1) is 0 Å². The zero-order valence-corrected chi connectivity index (χ0v) is 11.9. The zero-order chi connectivity index (χ0) is 13.9. The number of nitrogens with zero attached hydrogens (tertiary/aromatic N) is 1. The van der Waals surface area contributed by atoms with Crippen molar-refractivity contribution in [2.24, 2.45) is 0 Å². The van der Waals surface area contributed by atoms with Gasteiger partial charge in [0.15, 0.2) is 0 Å². The number of methoxy groups -OCH3 is 1. The second kappa shape index (κ2) is 5.51. The second-order valence-electron chi connectivity index (χ2n) is 5.48. The summed E-state index contributed by atoms with van der Waals surface area (Å²) in [5, 5.41) is 3.10. The molecule has 1 aromatic carbocycles. The first-order valence-electron chi connectivity index (χ1n) is 6.74. The Balaban J connectivity index is 2.05. The maximum Gasteiger partial charge on any atom is 0.318 e. The highest BCUT2D eigenvalue weighted by Crippen LogP contribution is 2.23. The van der Waals surface area contributed by atoms with Crippen LogP contribution in [-0.2, 0) is 5.54 Å². The molecule has 1 aromatic rings. The van der Waals surface area contributed by atoms with Gasteiger partial charge in [0.05, 0.1) is 12.6 Å². The molecule has 4 heteroatoms. The first kappa shape index (κ1) is 13.7. The molecule has 0 saturated carbocycles. The maximum absolute atomic E-state index is 12.1. The molecule has 1 saturated heterocycles. The summed E-state index contributed by atoms with van der Waals surface area (Å²) in [7, 11) is 1.65. The van der Waals surface area contributed by atoms with E-state index in [9.17, 15) is 4.79 Å². The first-order chi connectivity index (χ1) is 9.03. The van der Waals surface area contributed by atoms with Gasteiger partial charge in [-0.2, -0.15) is 0 Å². The number of likely N-dealkylation sites (tertiary alicyclic amines) is 1. The normalized spacial score (nSPS) is 15.4. The third-order valence-corrected chi connectivity index (χ3v) is 3.62. The van der Waals surface area contributed by atoms with Crippen LogP contribution in [0.1, 0.15) is 32.3 Å². The van der Waals surface area contributed by atoms with Crippen LogP contribution >= 0.6 is 0 Å². The highest BCUT2D eigenvalue weighted by Gasteiger charge is 2.26. The summed E-state index contributed by atoms with van der Waals surface area (Å²) in [5.74, 6) is 0.824. The molecule has 0 unspecified atom stereocenters. The summed E-state index contributed by atoms with van der Waals surface area (Å²) < 4.78 is 5.15. The van der Waals surface area contributed by atoms with Gasteiger partial charge in [-0.25, -0.2) is 4.79 Å². The van der Waals surface area contributed by atoms with Crippen LogP contribution in [0.5, 0.6) is 5.75 Å². The van der Waals surface area contributed by atoms with Crippen molar-refractivity contribution in [3.05, 3.63) is 29.8 Å². The molecule has 1 aliphatic rings. The van der Waals surface area contributed by atoms with Gasteiger partial charge in [0.1, 0.15) is 5.75 Å². The Hall–Kier alpha value is -1.71. The lowest BCUT2D eigenvalue weighted by Crippen LogP contribution is -2.47. The fourth-order valence-corrected chi connectivity index (χ4v) is 2.35. The predicted octanol–water partition coefficient (Wildman–Crippen LogP) is 2.74. The van der Waals surface area contributed by atoms with Crippen LogP contribution in [0.25, 0.3) is 0 Å². The lowest BCUT2D eigenvalue weighted by atomic mass is 9.94. The summed E-state index contributed by atoms with van der Waals surface area (Å²) in [5.41, 5.74) is 0.687. The third-order valence-electron chi connectivity index (χ3n) is 3.62. The molecule has 1 heterocycles. The topological polar surface area (TPSA) is 41.6 Å². The second-order valence-corrected chi connectivity index (χ2v) is 5.48. The standard InChI is InChI=1S/C15H22N2O2/c1-15(2,12-6-8-13(19-3)9-7-12)16-14(18)17-10-4-5-11-17/h6-9H,4-5,10-11H2,1-3H3,(H,16,18). The van der Waals surface area contributed by atoms with Crippen molar-refractivity contribution in [1.82, 2.24) is 10.2 Å². The molecule has 0 atom stereocenters. The molecule has 0 radical (unpaired) electrons. The Morgan fingerprint density at radius 1 is 1.21 bits per heavy atom. The van der Waals surface area contributed by atoms with Crippen LogP contribution < -0.4 is 10.1 Å². The van der Waals surface area contributed by atoms with E-state index in [0.717, 1.165) is 37.2 Å². The highest BCUT2D eigenvalue weighted by molar-refractivity contribution is 5.75. The Morgan fingerprint density at radius 3 is 2.32 bits per heavy atom. The quantitative estimate of drug-likeness (QED) is 0.910. The number of hydrogen-bond acceptors (Lipinski definition) is 2. The van der Waals surface area contributed by atoms with E-state index in [0.29, 0.717) is 0 Å². The van der Waals surface area contributed by atoms with E-state index in [4.69, 9.17) is 4.74 Å². The number of nitrogens with one attached hydrogen (secondary N) is 1. The Labute approximate surface area is 114 Å². The van der Waals surface area contributed by atoms with Gasteiger partial charge in [0.2, 0.25) is 0 Å². The number of carbonyl (C=O) groups excluding carboxylic acids is 1. The van der Waals surface area contributed by atoms with Crippen LogP contribution in [0.15, 0.2) is 24.3 Å². The van der Waals surface area contributed by atoms with Gasteiger partial charge >= 0.3 is 6.03 Å². The molecule has 104 valence electrons. The van der Waals surface area contributed by atoms with Crippen LogP contribution in [-0.4, -0.2) is 31.1 Å². The van der Waals surface area contributed by atoms with E-state index in [1.165, 1.54) is 0 Å². The Morgan fingerprint density at radius 2 is 1.79 bits per heavy atom. The molecule has 1 aliphatic heterocycles. The van der Waals surface area contributed by atoms with E-state index in [1.807, 2.05) is 43.0 Å². The van der Waals surface area contributed by atoms with Crippen LogP contribution in [0.3, 0.4) is 0 Å². The summed E-state index contributed by atoms with van der Waals surface area (Å²) in [6, 6.07) is 7.84. The van der Waals surface area contributed by atoms with E-state index in [-0.39, 0.29) is 11.6 Å². The molecule has 1 N–H and O–H groups in total. The van der Waals surface area contributed by atoms with Gasteiger partial charge in [0, 0.05) is 13.1 Å². The number of rotatable bonds is 3. The third kappa shape index (κ3) is 3.19. The number of benzene rings is 1. The average molecular weight is 262 g/mol. The smallest absolute Gasteiger partial charge is 0.318 e. The van der Waals surface area contributed by atoms with E-state index in [2.05, 4.69) is 5.32 Å². The van der Waals surface area contributed by atoms with E-state index < -0.39 is 0 Å². The van der Waals surface area contributed by atoms with Crippen molar-refractivity contribution in [3.8, 4) is 5.75 Å². The average Bonchev–Trinajstić information content (AvgIpc) is 2.92. The maximum atomic E-state index is 12.1. The van der Waals surface area contributed by atoms with Crippen molar-refractivity contribution < 1.29 is 9.53 Å². The molecule has 4 nitrogen and oxygen atoms in total. The zero-order valence-electron chi connectivity index (χ0n) is 11.9. The number of hydrogen-bond donors (Lipinski definition) is 1. The van der Waals surface area contributed by atoms with Gasteiger partial charge in [-0.1, -0.05) is 12.1 Å². The van der Waals surface area contributed by atoms with E-state index >= 15 is 0 Å². The van der Waals surface area contributed by atoms with Gasteiger partial charge in [0.25, 0.3) is 0 Å². The predicted molar refractivity (Wildman–Crippen MR) is 75.4 cm³/mol. The number of ether oxygens (including phenoxy) is 1. The van der Waals surface area contributed by atoms with Gasteiger partial charge in [-0.15, -0.1) is 0 Å². The van der Waals surface area contributed by atoms with Gasteiger partial charge < -0.3 is 15.0 Å². The number of amides is 2. The fraction of sp³-hybridized carbons (Fsp3) is 0.533. The minimum atomic E-state index is -0.383. The molecular formula is C15H22N2O2. The summed E-state index contributed by atoms with van der Waals surface area (Å²) in [4.78, 5) is 14.0. The van der Waals surface area contributed by atoms with Crippen LogP contribution in [0.2, 0.25) is 0 Å². The van der Waals surface area contributed by atoms with Gasteiger partial charge in [-0.3, -0.25) is 0 Å². The van der Waals surface area contributed by atoms with E-state index in [1.54, 1.807) is 7.11 Å². The number of urea groups is 1. The van der Waals surface area contributed by atoms with Crippen molar-refractivity contribution in [1.29, 1.82) is 0 Å². The molecule has 0 aromatic heterocycles. The minimum absolute atomic E-state index is 0.0262. The lowest BCUT2D eigenvalue weighted by molar-refractivity contribution is 0.197. The van der Waals surface area contributed by atoms with Gasteiger partial charge in [-0.05, 0) is 44.4 Å². The highest BCUT2D eigenvalue weighted by atomic mass is 16.5.